The zero-order chi connectivity index (χ0) is 16.9. The number of likely N-dealkylation sites (tertiary alicyclic amines) is 1. The van der Waals surface area contributed by atoms with Gasteiger partial charge in [0.2, 0.25) is 0 Å². The van der Waals surface area contributed by atoms with Crippen molar-refractivity contribution in [1.82, 2.24) is 4.90 Å². The summed E-state index contributed by atoms with van der Waals surface area (Å²) in [4.78, 5) is 25.3. The zero-order valence-electron chi connectivity index (χ0n) is 13.9. The van der Waals surface area contributed by atoms with E-state index >= 15 is 0 Å². The third kappa shape index (κ3) is 4.84. The summed E-state index contributed by atoms with van der Waals surface area (Å²) in [6, 6.07) is 0. The Hall–Kier alpha value is -1.89. The molecule has 0 bridgehead atoms. The van der Waals surface area contributed by atoms with E-state index in [9.17, 15) is 9.59 Å². The third-order valence-corrected chi connectivity index (χ3v) is 3.06. The molecule has 1 amide bonds. The number of rotatable bonds is 5. The molecule has 1 aliphatic heterocycles. The second kappa shape index (κ2) is 7.40. The molecule has 0 aliphatic carbocycles. The maximum atomic E-state index is 11.9. The van der Waals surface area contributed by atoms with Crippen LogP contribution in [0.5, 0.6) is 0 Å². The number of nitrogens with one attached hydrogen (secondary N) is 1. The Balaban J connectivity index is 2.61. The van der Waals surface area contributed by atoms with E-state index in [0.717, 1.165) is 0 Å². The smallest absolute Gasteiger partial charge is 0.410 e. The van der Waals surface area contributed by atoms with Gasteiger partial charge in [0.05, 0.1) is 19.4 Å². The van der Waals surface area contributed by atoms with Crippen LogP contribution in [-0.4, -0.2) is 55.0 Å². The van der Waals surface area contributed by atoms with Crippen LogP contribution in [0.25, 0.3) is 0 Å². The molecule has 7 heteroatoms. The summed E-state index contributed by atoms with van der Waals surface area (Å²) in [5.74, 6) is -0.663. The van der Waals surface area contributed by atoms with Crippen molar-refractivity contribution in [3.05, 3.63) is 11.8 Å². The van der Waals surface area contributed by atoms with E-state index in [2.05, 4.69) is 0 Å². The average Bonchev–Trinajstić information content (AvgIpc) is 2.31. The second-order valence-electron chi connectivity index (χ2n) is 6.13. The van der Waals surface area contributed by atoms with Crippen molar-refractivity contribution in [2.24, 2.45) is 5.92 Å². The molecule has 22 heavy (non-hydrogen) atoms. The lowest BCUT2D eigenvalue weighted by atomic mass is 9.90. The topological polar surface area (TPSA) is 96.3 Å². The van der Waals surface area contributed by atoms with Gasteiger partial charge in [-0.2, -0.15) is 0 Å². The van der Waals surface area contributed by atoms with Gasteiger partial charge in [0.1, 0.15) is 17.4 Å². The fourth-order valence-electron chi connectivity index (χ4n) is 2.00. The normalized spacial score (nSPS) is 16.0. The summed E-state index contributed by atoms with van der Waals surface area (Å²) in [7, 11) is 1.78. The highest BCUT2D eigenvalue weighted by molar-refractivity contribution is 6.19. The molecular formula is C15H26N3O4+. The minimum Gasteiger partial charge on any atom is -0.462 e. The van der Waals surface area contributed by atoms with Crippen LogP contribution >= 0.6 is 0 Å². The Labute approximate surface area is 131 Å². The Morgan fingerprint density at radius 3 is 2.41 bits per heavy atom. The van der Waals surface area contributed by atoms with Gasteiger partial charge in [0.25, 0.3) is 0 Å². The zero-order valence-corrected chi connectivity index (χ0v) is 13.9. The van der Waals surface area contributed by atoms with E-state index in [0.29, 0.717) is 13.1 Å². The third-order valence-electron chi connectivity index (χ3n) is 3.06. The van der Waals surface area contributed by atoms with Crippen LogP contribution in [0.3, 0.4) is 0 Å². The highest BCUT2D eigenvalue weighted by atomic mass is 16.6. The van der Waals surface area contributed by atoms with E-state index in [1.54, 1.807) is 25.5 Å². The Kier molecular flexibility index (Phi) is 6.11. The molecule has 7 nitrogen and oxygen atoms in total. The van der Waals surface area contributed by atoms with Gasteiger partial charge < -0.3 is 25.1 Å². The second-order valence-corrected chi connectivity index (χ2v) is 6.13. The molecular weight excluding hydrogens is 286 g/mol. The maximum Gasteiger partial charge on any atom is 0.410 e. The molecule has 0 aromatic rings. The van der Waals surface area contributed by atoms with Crippen LogP contribution in [0.1, 0.15) is 27.7 Å². The van der Waals surface area contributed by atoms with Crippen LogP contribution in [0, 0.1) is 11.3 Å². The van der Waals surface area contributed by atoms with Crippen molar-refractivity contribution in [3.8, 4) is 0 Å². The molecule has 1 saturated heterocycles. The van der Waals surface area contributed by atoms with Crippen LogP contribution in [0.4, 0.5) is 4.79 Å². The summed E-state index contributed by atoms with van der Waals surface area (Å²) in [6.45, 7) is 8.18. The van der Waals surface area contributed by atoms with Gasteiger partial charge >= 0.3 is 12.1 Å². The van der Waals surface area contributed by atoms with Gasteiger partial charge in [0, 0.05) is 19.0 Å². The molecule has 0 aromatic heterocycles. The SMILES string of the molecule is CCOC(=O)/C(=C/[NH2+]C)C(=N)C1CN(C(=O)OC(C)(C)C)C1. The number of nitrogens with zero attached hydrogens (tertiary/aromatic N) is 1. The Morgan fingerprint density at radius 2 is 1.95 bits per heavy atom. The number of amides is 1. The van der Waals surface area contributed by atoms with Crippen molar-refractivity contribution in [2.45, 2.75) is 33.3 Å². The number of esters is 1. The fourth-order valence-corrected chi connectivity index (χ4v) is 2.00. The molecule has 1 heterocycles. The molecule has 1 aliphatic rings. The number of hydrogen-bond acceptors (Lipinski definition) is 5. The van der Waals surface area contributed by atoms with Crippen molar-refractivity contribution in [2.75, 3.05) is 26.7 Å². The van der Waals surface area contributed by atoms with Gasteiger partial charge in [-0.25, -0.2) is 9.59 Å². The van der Waals surface area contributed by atoms with Gasteiger partial charge in [-0.05, 0) is 27.7 Å². The quantitative estimate of drug-likeness (QED) is 0.439. The summed E-state index contributed by atoms with van der Waals surface area (Å²) >= 11 is 0. The minimum atomic E-state index is -0.539. The maximum absolute atomic E-state index is 11.9. The Bertz CT molecular complexity index is 474. The summed E-state index contributed by atoms with van der Waals surface area (Å²) < 4.78 is 10.2. The molecule has 124 valence electrons. The lowest BCUT2D eigenvalue weighted by Crippen LogP contribution is -2.73. The van der Waals surface area contributed by atoms with Crippen LogP contribution in [0.2, 0.25) is 0 Å². The number of ether oxygens (including phenoxy) is 2. The van der Waals surface area contributed by atoms with Crippen LogP contribution in [0.15, 0.2) is 11.8 Å². The highest BCUT2D eigenvalue weighted by Gasteiger charge is 2.38. The molecule has 1 rings (SSSR count). The predicted molar refractivity (Wildman–Crippen MR) is 81.6 cm³/mol. The van der Waals surface area contributed by atoms with Gasteiger partial charge in [0.15, 0.2) is 0 Å². The lowest BCUT2D eigenvalue weighted by molar-refractivity contribution is -0.556. The van der Waals surface area contributed by atoms with Crippen molar-refractivity contribution in [3.63, 3.8) is 0 Å². The summed E-state index contributed by atoms with van der Waals surface area (Å²) in [6.07, 6.45) is 1.19. The van der Waals surface area contributed by atoms with E-state index < -0.39 is 11.6 Å². The Morgan fingerprint density at radius 1 is 1.36 bits per heavy atom. The van der Waals surface area contributed by atoms with Gasteiger partial charge in [-0.1, -0.05) is 0 Å². The first kappa shape index (κ1) is 18.2. The van der Waals surface area contributed by atoms with Crippen molar-refractivity contribution in [1.29, 1.82) is 5.41 Å². The molecule has 0 aromatic carbocycles. The number of quaternary nitrogens is 1. The number of hydrogen-bond donors (Lipinski definition) is 2. The van der Waals surface area contributed by atoms with Crippen LogP contribution < -0.4 is 5.32 Å². The predicted octanol–water partition coefficient (Wildman–Crippen LogP) is 0.513. The monoisotopic (exact) mass is 312 g/mol. The summed E-state index contributed by atoms with van der Waals surface area (Å²) in [5, 5.41) is 9.86. The average molecular weight is 312 g/mol. The first-order chi connectivity index (χ1) is 10.2. The van der Waals surface area contributed by atoms with Gasteiger partial charge in [-0.15, -0.1) is 0 Å². The van der Waals surface area contributed by atoms with E-state index in [1.165, 1.54) is 4.90 Å². The number of carbonyl (C=O) groups excluding carboxylic acids is 2. The first-order valence-electron chi connectivity index (χ1n) is 7.43. The molecule has 0 spiro atoms. The fraction of sp³-hybridized carbons (Fsp3) is 0.667. The molecule has 0 atom stereocenters. The molecule has 0 saturated carbocycles. The van der Waals surface area contributed by atoms with Crippen molar-refractivity contribution < 1.29 is 24.4 Å². The van der Waals surface area contributed by atoms with Gasteiger partial charge in [-0.3, -0.25) is 0 Å². The molecule has 1 fully saturated rings. The number of carbonyl (C=O) groups is 2. The summed E-state index contributed by atoms with van der Waals surface area (Å²) in [5.41, 5.74) is -0.0856. The molecule has 0 unspecified atom stereocenters. The minimum absolute atomic E-state index is 0.164. The molecule has 3 N–H and O–H groups in total. The van der Waals surface area contributed by atoms with E-state index in [-0.39, 0.29) is 29.9 Å². The largest absolute Gasteiger partial charge is 0.462 e. The van der Waals surface area contributed by atoms with Crippen molar-refractivity contribution >= 4 is 17.8 Å². The number of nitrogens with two attached hydrogens (primary N) is 1. The molecule has 0 radical (unpaired) electrons. The van der Waals surface area contributed by atoms with E-state index in [4.69, 9.17) is 14.9 Å². The lowest BCUT2D eigenvalue weighted by Gasteiger charge is -2.39. The highest BCUT2D eigenvalue weighted by Crippen LogP contribution is 2.23. The van der Waals surface area contributed by atoms with E-state index in [1.807, 2.05) is 20.8 Å². The first-order valence-corrected chi connectivity index (χ1v) is 7.43. The van der Waals surface area contributed by atoms with Crippen LogP contribution in [-0.2, 0) is 14.3 Å². The standard InChI is InChI=1S/C15H25N3O4/c1-6-21-13(19)11(7-17-5)12(16)10-8-18(9-10)14(20)22-15(2,3)4/h7,10,16-17H,6,8-9H2,1-5H3/p+1/b11-7+,16-12?.